The number of benzene rings is 1. The van der Waals surface area contributed by atoms with Gasteiger partial charge in [0.05, 0.1) is 16.7 Å². The molecule has 2 fully saturated rings. The fourth-order valence-corrected chi connectivity index (χ4v) is 4.70. The molecule has 0 radical (unpaired) electrons. The summed E-state index contributed by atoms with van der Waals surface area (Å²) in [7, 11) is -3.35. The highest BCUT2D eigenvalue weighted by Gasteiger charge is 2.32. The predicted octanol–water partition coefficient (Wildman–Crippen LogP) is 1.33. The molecule has 0 aliphatic carbocycles. The van der Waals surface area contributed by atoms with Crippen LogP contribution < -0.4 is 5.32 Å². The number of rotatable bonds is 4. The lowest BCUT2D eigenvalue weighted by atomic mass is 10.0. The van der Waals surface area contributed by atoms with Gasteiger partial charge in [-0.1, -0.05) is 0 Å². The van der Waals surface area contributed by atoms with Gasteiger partial charge in [0.25, 0.3) is 5.91 Å². The van der Waals surface area contributed by atoms with E-state index in [0.717, 1.165) is 19.4 Å². The Labute approximate surface area is 172 Å². The van der Waals surface area contributed by atoms with Gasteiger partial charge in [-0.05, 0) is 51.0 Å². The van der Waals surface area contributed by atoms with Gasteiger partial charge in [-0.3, -0.25) is 9.59 Å². The molecule has 1 N–H and O–H groups in total. The van der Waals surface area contributed by atoms with E-state index in [9.17, 15) is 18.0 Å². The third-order valence-electron chi connectivity index (χ3n) is 5.30. The van der Waals surface area contributed by atoms with Crippen molar-refractivity contribution < 1.29 is 18.0 Å². The Morgan fingerprint density at radius 2 is 1.86 bits per heavy atom. The van der Waals surface area contributed by atoms with Crippen molar-refractivity contribution in [2.75, 3.05) is 32.7 Å². The summed E-state index contributed by atoms with van der Waals surface area (Å²) in [5.41, 5.74) is 0.477. The lowest BCUT2D eigenvalue weighted by Gasteiger charge is -2.41. The Morgan fingerprint density at radius 3 is 2.46 bits per heavy atom. The van der Waals surface area contributed by atoms with Crippen molar-refractivity contribution in [3.63, 3.8) is 0 Å². The summed E-state index contributed by atoms with van der Waals surface area (Å²) < 4.78 is 24.5. The number of amides is 2. The number of likely N-dealkylation sites (tertiary alicyclic amines) is 1. The second-order valence-electron chi connectivity index (χ2n) is 7.43. The average molecular weight is 430 g/mol. The first-order valence-electron chi connectivity index (χ1n) is 9.44. The van der Waals surface area contributed by atoms with E-state index < -0.39 is 15.1 Å². The summed E-state index contributed by atoms with van der Waals surface area (Å²) in [4.78, 5) is 28.9. The van der Waals surface area contributed by atoms with Crippen molar-refractivity contribution in [3.05, 3.63) is 29.8 Å². The fourth-order valence-electron chi connectivity index (χ4n) is 3.64. The second-order valence-corrected chi connectivity index (χ2v) is 9.93. The van der Waals surface area contributed by atoms with Crippen LogP contribution >= 0.6 is 12.4 Å². The van der Waals surface area contributed by atoms with Crippen LogP contribution in [0.2, 0.25) is 0 Å². The lowest BCUT2D eigenvalue weighted by Crippen LogP contribution is -2.57. The zero-order valence-electron chi connectivity index (χ0n) is 16.3. The molecule has 28 heavy (non-hydrogen) atoms. The zero-order valence-corrected chi connectivity index (χ0v) is 17.9. The number of sulfone groups is 1. The first-order chi connectivity index (χ1) is 12.8. The maximum Gasteiger partial charge on any atom is 0.253 e. The van der Waals surface area contributed by atoms with Crippen LogP contribution in [0, 0.1) is 0 Å². The molecule has 0 saturated carbocycles. The van der Waals surface area contributed by atoms with Crippen LogP contribution in [-0.4, -0.2) is 74.0 Å². The van der Waals surface area contributed by atoms with Crippen LogP contribution in [0.25, 0.3) is 0 Å². The van der Waals surface area contributed by atoms with E-state index in [-0.39, 0.29) is 35.2 Å². The fraction of sp³-hybridized carbons (Fsp3) is 0.579. The smallest absolute Gasteiger partial charge is 0.253 e. The Morgan fingerprint density at radius 1 is 1.18 bits per heavy atom. The molecule has 3 rings (SSSR count). The van der Waals surface area contributed by atoms with Crippen molar-refractivity contribution in [1.29, 1.82) is 0 Å². The number of nitrogens with one attached hydrogen (secondary N) is 1. The maximum atomic E-state index is 12.9. The van der Waals surface area contributed by atoms with Crippen LogP contribution in [-0.2, 0) is 14.6 Å². The Kier molecular flexibility index (Phi) is 7.47. The number of hydrogen-bond acceptors (Lipinski definition) is 5. The number of halogens is 1. The largest absolute Gasteiger partial charge is 0.337 e. The van der Waals surface area contributed by atoms with Crippen molar-refractivity contribution in [2.24, 2.45) is 0 Å². The molecule has 7 nitrogen and oxygen atoms in total. The van der Waals surface area contributed by atoms with Gasteiger partial charge in [0, 0.05) is 37.8 Å². The van der Waals surface area contributed by atoms with Crippen molar-refractivity contribution in [3.8, 4) is 0 Å². The summed E-state index contributed by atoms with van der Waals surface area (Å²) in [5.74, 6) is -0.0282. The molecular formula is C19H28ClN3O4S. The van der Waals surface area contributed by atoms with E-state index in [1.165, 1.54) is 12.1 Å². The lowest BCUT2D eigenvalue weighted by molar-refractivity contribution is -0.135. The number of piperazine rings is 1. The summed E-state index contributed by atoms with van der Waals surface area (Å²) in [5, 5.41) is 2.57. The van der Waals surface area contributed by atoms with Gasteiger partial charge in [0.2, 0.25) is 5.91 Å². The average Bonchev–Trinajstić information content (AvgIpc) is 2.68. The molecule has 1 unspecified atom stereocenters. The summed E-state index contributed by atoms with van der Waals surface area (Å²) in [6.07, 6.45) is 1.76. The molecule has 2 aliphatic heterocycles. The molecule has 1 aromatic rings. The second kappa shape index (κ2) is 9.24. The summed E-state index contributed by atoms with van der Waals surface area (Å²) in [6.45, 7) is 6.27. The van der Waals surface area contributed by atoms with Crippen LogP contribution in [0.1, 0.15) is 37.0 Å². The van der Waals surface area contributed by atoms with Gasteiger partial charge >= 0.3 is 0 Å². The van der Waals surface area contributed by atoms with Crippen LogP contribution in [0.15, 0.2) is 29.2 Å². The van der Waals surface area contributed by atoms with Gasteiger partial charge in [-0.2, -0.15) is 0 Å². The third-order valence-corrected chi connectivity index (χ3v) is 7.47. The molecule has 2 saturated heterocycles. The molecule has 2 aliphatic rings. The molecule has 0 bridgehead atoms. The number of hydrogen-bond donors (Lipinski definition) is 1. The summed E-state index contributed by atoms with van der Waals surface area (Å²) in [6, 6.07) is 6.22. The molecule has 2 amide bonds. The molecule has 156 valence electrons. The van der Waals surface area contributed by atoms with E-state index in [1.807, 2.05) is 4.90 Å². The number of carbonyl (C=O) groups excluding carboxylic acids is 2. The molecule has 2 heterocycles. The standard InChI is InChI=1S/C19H27N3O4S.ClH/c1-14(2)27(25,26)17-7-5-15(6-8-17)19(24)21-10-3-4-16(13-21)22-11-9-20-12-18(22)23;/h5-8,14,16,20H,3-4,9-13H2,1-2H3;1H. The number of piperidine rings is 1. The van der Waals surface area contributed by atoms with Crippen molar-refractivity contribution in [1.82, 2.24) is 15.1 Å². The summed E-state index contributed by atoms with van der Waals surface area (Å²) >= 11 is 0. The minimum atomic E-state index is -3.35. The van der Waals surface area contributed by atoms with E-state index >= 15 is 0 Å². The highest BCUT2D eigenvalue weighted by Crippen LogP contribution is 2.21. The van der Waals surface area contributed by atoms with Crippen LogP contribution in [0.4, 0.5) is 0 Å². The Hall–Kier alpha value is -1.64. The normalized spacial score (nSPS) is 20.8. The monoisotopic (exact) mass is 429 g/mol. The highest BCUT2D eigenvalue weighted by molar-refractivity contribution is 7.92. The quantitative estimate of drug-likeness (QED) is 0.780. The zero-order chi connectivity index (χ0) is 19.6. The number of carbonyl (C=O) groups is 2. The molecule has 0 spiro atoms. The van der Waals surface area contributed by atoms with E-state index in [4.69, 9.17) is 0 Å². The van der Waals surface area contributed by atoms with Gasteiger partial charge in [-0.15, -0.1) is 12.4 Å². The predicted molar refractivity (Wildman–Crippen MR) is 110 cm³/mol. The minimum absolute atomic E-state index is 0. The minimum Gasteiger partial charge on any atom is -0.337 e. The van der Waals surface area contributed by atoms with Gasteiger partial charge in [-0.25, -0.2) is 8.42 Å². The molecule has 1 aromatic carbocycles. The van der Waals surface area contributed by atoms with Crippen LogP contribution in [0.5, 0.6) is 0 Å². The van der Waals surface area contributed by atoms with E-state index in [0.29, 0.717) is 31.7 Å². The highest BCUT2D eigenvalue weighted by atomic mass is 35.5. The molecule has 1 atom stereocenters. The number of nitrogens with zero attached hydrogens (tertiary/aromatic N) is 2. The van der Waals surface area contributed by atoms with E-state index in [1.54, 1.807) is 30.9 Å². The Bertz CT molecular complexity index is 811. The first-order valence-corrected chi connectivity index (χ1v) is 11.0. The van der Waals surface area contributed by atoms with Crippen LogP contribution in [0.3, 0.4) is 0 Å². The maximum absolute atomic E-state index is 12.9. The molecule has 0 aromatic heterocycles. The van der Waals surface area contributed by atoms with Crippen molar-refractivity contribution in [2.45, 2.75) is 42.9 Å². The third kappa shape index (κ3) is 4.67. The van der Waals surface area contributed by atoms with Crippen molar-refractivity contribution >= 4 is 34.1 Å². The Balaban J connectivity index is 0.00000280. The van der Waals surface area contributed by atoms with E-state index in [2.05, 4.69) is 5.32 Å². The molecular weight excluding hydrogens is 402 g/mol. The first kappa shape index (κ1) is 22.6. The topological polar surface area (TPSA) is 86.8 Å². The molecule has 9 heteroatoms. The van der Waals surface area contributed by atoms with Gasteiger partial charge in [0.15, 0.2) is 9.84 Å². The van der Waals surface area contributed by atoms with Gasteiger partial charge < -0.3 is 15.1 Å². The van der Waals surface area contributed by atoms with Gasteiger partial charge in [0.1, 0.15) is 0 Å². The SMILES string of the molecule is CC(C)S(=O)(=O)c1ccc(C(=O)N2CCCC(N3CCNCC3=O)C2)cc1.Cl.